The Balaban J connectivity index is 2.92. The first-order valence-electron chi connectivity index (χ1n) is 4.18. The molecule has 0 amide bonds. The predicted molar refractivity (Wildman–Crippen MR) is 53.3 cm³/mol. The van der Waals surface area contributed by atoms with Crippen molar-refractivity contribution in [3.05, 3.63) is 0 Å². The molecule has 12 heavy (non-hydrogen) atoms. The molecule has 66 valence electrons. The fraction of sp³-hybridized carbons (Fsp3) is 0.667. The Hall–Kier alpha value is -0.990. The van der Waals surface area contributed by atoms with Crippen LogP contribution >= 0.6 is 0 Å². The monoisotopic (exact) mass is 165 g/mol. The van der Waals surface area contributed by atoms with Gasteiger partial charge in [-0.2, -0.15) is 0 Å². The van der Waals surface area contributed by atoms with Gasteiger partial charge in [0.25, 0.3) is 0 Å². The van der Waals surface area contributed by atoms with Gasteiger partial charge in [-0.1, -0.05) is 13.8 Å². The average molecular weight is 165 g/mol. The summed E-state index contributed by atoms with van der Waals surface area (Å²) in [6, 6.07) is 0. The highest BCUT2D eigenvalue weighted by Crippen LogP contribution is 2.19. The molecule has 0 aromatic heterocycles. The second-order valence-corrected chi connectivity index (χ2v) is 3.56. The molecule has 1 rings (SSSR count). The zero-order valence-electron chi connectivity index (χ0n) is 8.07. The molecule has 0 N–H and O–H groups in total. The first-order valence-corrected chi connectivity index (χ1v) is 4.18. The van der Waals surface area contributed by atoms with Crippen LogP contribution in [0.15, 0.2) is 15.0 Å². The second kappa shape index (κ2) is 3.17. The maximum Gasteiger partial charge on any atom is 0.126 e. The minimum Gasteiger partial charge on any atom is -0.261 e. The van der Waals surface area contributed by atoms with E-state index in [1.807, 2.05) is 13.1 Å². The summed E-state index contributed by atoms with van der Waals surface area (Å²) in [7, 11) is 0. The fourth-order valence-corrected chi connectivity index (χ4v) is 0.826. The lowest BCUT2D eigenvalue weighted by molar-refractivity contribution is 0.461. The van der Waals surface area contributed by atoms with Gasteiger partial charge in [0.1, 0.15) is 12.2 Å². The van der Waals surface area contributed by atoms with Gasteiger partial charge in [0, 0.05) is 6.21 Å². The second-order valence-electron chi connectivity index (χ2n) is 3.56. The van der Waals surface area contributed by atoms with Gasteiger partial charge in [-0.15, -0.1) is 0 Å². The van der Waals surface area contributed by atoms with E-state index >= 15 is 0 Å². The Kier molecular flexibility index (Phi) is 2.40. The first kappa shape index (κ1) is 9.10. The Morgan fingerprint density at radius 2 is 2.08 bits per heavy atom. The van der Waals surface area contributed by atoms with Gasteiger partial charge < -0.3 is 0 Å². The van der Waals surface area contributed by atoms with E-state index in [2.05, 4.69) is 35.7 Å². The summed E-state index contributed by atoms with van der Waals surface area (Å²) in [6.45, 7) is 8.19. The quantitative estimate of drug-likeness (QED) is 0.569. The first-order chi connectivity index (χ1) is 5.54. The largest absolute Gasteiger partial charge is 0.261 e. The molecule has 1 aliphatic heterocycles. The van der Waals surface area contributed by atoms with Crippen molar-refractivity contribution in [2.24, 2.45) is 20.9 Å². The van der Waals surface area contributed by atoms with E-state index in [1.165, 1.54) is 0 Å². The molecule has 0 aliphatic carbocycles. The van der Waals surface area contributed by atoms with Crippen molar-refractivity contribution >= 4 is 18.4 Å². The number of rotatable bonds is 1. The third-order valence-corrected chi connectivity index (χ3v) is 2.26. The molecule has 0 bridgehead atoms. The molecule has 0 saturated carbocycles. The third kappa shape index (κ3) is 1.78. The number of hydrogen-bond acceptors (Lipinski definition) is 3. The molecule has 0 aromatic rings. The highest BCUT2D eigenvalue weighted by Gasteiger charge is 2.25. The molecule has 1 atom stereocenters. The van der Waals surface area contributed by atoms with Crippen molar-refractivity contribution in [2.75, 3.05) is 0 Å². The normalized spacial score (nSPS) is 28.9. The standard InChI is InChI=1S/C9H15N3/c1-7(2)9(4)5-10-8(3)11-6-12-9/h5-7H,1-4H3. The molecule has 3 nitrogen and oxygen atoms in total. The number of hydrogen-bond donors (Lipinski definition) is 0. The minimum absolute atomic E-state index is 0.193. The predicted octanol–water partition coefficient (Wildman–Crippen LogP) is 1.93. The molecule has 1 aliphatic rings. The van der Waals surface area contributed by atoms with Crippen LogP contribution < -0.4 is 0 Å². The van der Waals surface area contributed by atoms with Crippen LogP contribution in [0.2, 0.25) is 0 Å². The van der Waals surface area contributed by atoms with Gasteiger partial charge >= 0.3 is 0 Å². The molecular weight excluding hydrogens is 150 g/mol. The van der Waals surface area contributed by atoms with Crippen LogP contribution in [0, 0.1) is 5.92 Å². The molecule has 1 heterocycles. The Bertz CT molecular complexity index is 250. The van der Waals surface area contributed by atoms with Crippen molar-refractivity contribution in [1.82, 2.24) is 0 Å². The fourth-order valence-electron chi connectivity index (χ4n) is 0.826. The van der Waals surface area contributed by atoms with E-state index in [-0.39, 0.29) is 5.54 Å². The summed E-state index contributed by atoms with van der Waals surface area (Å²) >= 11 is 0. The van der Waals surface area contributed by atoms with Crippen LogP contribution in [0.25, 0.3) is 0 Å². The van der Waals surface area contributed by atoms with Gasteiger partial charge in [-0.05, 0) is 19.8 Å². The summed E-state index contributed by atoms with van der Waals surface area (Å²) in [5.41, 5.74) is -0.193. The zero-order chi connectivity index (χ0) is 9.19. The maximum atomic E-state index is 4.34. The number of aliphatic imine (C=N–C) groups is 3. The molecular formula is C9H15N3. The number of nitrogens with zero attached hydrogens (tertiary/aromatic N) is 3. The van der Waals surface area contributed by atoms with Gasteiger partial charge in [-0.25, -0.2) is 9.98 Å². The van der Waals surface area contributed by atoms with Gasteiger partial charge in [0.2, 0.25) is 0 Å². The Labute approximate surface area is 73.3 Å². The van der Waals surface area contributed by atoms with Crippen LogP contribution in [0.1, 0.15) is 27.7 Å². The topological polar surface area (TPSA) is 37.1 Å². The highest BCUT2D eigenvalue weighted by atomic mass is 15.0. The van der Waals surface area contributed by atoms with Crippen molar-refractivity contribution < 1.29 is 0 Å². The lowest BCUT2D eigenvalue weighted by Crippen LogP contribution is -2.30. The lowest BCUT2D eigenvalue weighted by atomic mass is 9.91. The van der Waals surface area contributed by atoms with Crippen molar-refractivity contribution in [3.63, 3.8) is 0 Å². The van der Waals surface area contributed by atoms with Gasteiger partial charge in [0.05, 0.1) is 5.54 Å². The van der Waals surface area contributed by atoms with Crippen LogP contribution in [0.3, 0.4) is 0 Å². The van der Waals surface area contributed by atoms with Crippen LogP contribution in [-0.4, -0.2) is 23.9 Å². The van der Waals surface area contributed by atoms with Gasteiger partial charge in [0.15, 0.2) is 0 Å². The smallest absolute Gasteiger partial charge is 0.126 e. The molecule has 1 unspecified atom stereocenters. The SMILES string of the molecule is CC1=NC=NC(C)(C(C)C)C=N1. The molecule has 3 heteroatoms. The van der Waals surface area contributed by atoms with Gasteiger partial charge in [-0.3, -0.25) is 4.99 Å². The molecule has 0 spiro atoms. The Morgan fingerprint density at radius 3 is 2.67 bits per heavy atom. The molecule has 0 radical (unpaired) electrons. The average Bonchev–Trinajstić information content (AvgIpc) is 2.15. The summed E-state index contributed by atoms with van der Waals surface area (Å²) in [5, 5.41) is 0. The van der Waals surface area contributed by atoms with E-state index in [4.69, 9.17) is 0 Å². The van der Waals surface area contributed by atoms with Crippen molar-refractivity contribution in [2.45, 2.75) is 33.2 Å². The van der Waals surface area contributed by atoms with Crippen LogP contribution in [0.4, 0.5) is 0 Å². The summed E-state index contributed by atoms with van der Waals surface area (Å²) < 4.78 is 0. The highest BCUT2D eigenvalue weighted by molar-refractivity contribution is 5.96. The molecule has 0 aromatic carbocycles. The van der Waals surface area contributed by atoms with Crippen molar-refractivity contribution in [1.29, 1.82) is 0 Å². The van der Waals surface area contributed by atoms with Crippen molar-refractivity contribution in [3.8, 4) is 0 Å². The third-order valence-electron chi connectivity index (χ3n) is 2.26. The molecule has 0 saturated heterocycles. The van der Waals surface area contributed by atoms with E-state index < -0.39 is 0 Å². The van der Waals surface area contributed by atoms with E-state index in [0.717, 1.165) is 5.84 Å². The number of amidine groups is 1. The van der Waals surface area contributed by atoms with E-state index in [0.29, 0.717) is 5.92 Å². The van der Waals surface area contributed by atoms with Crippen LogP contribution in [0.5, 0.6) is 0 Å². The summed E-state index contributed by atoms with van der Waals surface area (Å²) in [5.74, 6) is 1.21. The lowest BCUT2D eigenvalue weighted by Gasteiger charge is -2.23. The maximum absolute atomic E-state index is 4.34. The summed E-state index contributed by atoms with van der Waals surface area (Å²) in [6.07, 6.45) is 3.47. The van der Waals surface area contributed by atoms with Crippen LogP contribution in [-0.2, 0) is 0 Å². The zero-order valence-corrected chi connectivity index (χ0v) is 8.07. The Morgan fingerprint density at radius 1 is 1.42 bits per heavy atom. The molecule has 0 fully saturated rings. The summed E-state index contributed by atoms with van der Waals surface area (Å²) in [4.78, 5) is 12.6. The van der Waals surface area contributed by atoms with E-state index in [9.17, 15) is 0 Å². The van der Waals surface area contributed by atoms with E-state index in [1.54, 1.807) is 6.34 Å². The minimum atomic E-state index is -0.193.